The van der Waals surface area contributed by atoms with Crippen molar-refractivity contribution in [2.75, 3.05) is 13.1 Å². The summed E-state index contributed by atoms with van der Waals surface area (Å²) >= 11 is 0. The smallest absolute Gasteiger partial charge is 0.293 e. The van der Waals surface area contributed by atoms with Crippen LogP contribution in [0.3, 0.4) is 0 Å². The summed E-state index contributed by atoms with van der Waals surface area (Å²) in [6.07, 6.45) is 6.70. The van der Waals surface area contributed by atoms with E-state index in [4.69, 9.17) is 0 Å². The molecule has 1 saturated heterocycles. The van der Waals surface area contributed by atoms with Crippen LogP contribution in [0.15, 0.2) is 0 Å². The highest BCUT2D eigenvalue weighted by Crippen LogP contribution is 2.12. The van der Waals surface area contributed by atoms with Crippen molar-refractivity contribution in [2.24, 2.45) is 0 Å². The zero-order valence-corrected chi connectivity index (χ0v) is 10.4. The van der Waals surface area contributed by atoms with E-state index in [0.29, 0.717) is 5.82 Å². The van der Waals surface area contributed by atoms with E-state index >= 15 is 0 Å². The van der Waals surface area contributed by atoms with E-state index in [2.05, 4.69) is 15.2 Å². The first-order chi connectivity index (χ1) is 8.31. The predicted molar refractivity (Wildman–Crippen MR) is 64.7 cm³/mol. The van der Waals surface area contributed by atoms with Gasteiger partial charge in [0.1, 0.15) is 5.82 Å². The van der Waals surface area contributed by atoms with Gasteiger partial charge in [0.25, 0.3) is 5.91 Å². The molecule has 0 bridgehead atoms. The summed E-state index contributed by atoms with van der Waals surface area (Å²) < 4.78 is 0. The summed E-state index contributed by atoms with van der Waals surface area (Å²) in [6.45, 7) is 3.68. The molecule has 1 aliphatic heterocycles. The van der Waals surface area contributed by atoms with Gasteiger partial charge in [0.05, 0.1) is 0 Å². The number of nitrogens with zero attached hydrogens (tertiary/aromatic N) is 3. The Kier molecular flexibility index (Phi) is 4.12. The number of hydrogen-bond donors (Lipinski definition) is 1. The van der Waals surface area contributed by atoms with Gasteiger partial charge in [-0.25, -0.2) is 4.98 Å². The van der Waals surface area contributed by atoms with Crippen molar-refractivity contribution in [1.29, 1.82) is 0 Å². The average Bonchev–Trinajstić information content (AvgIpc) is 2.76. The normalized spacial score (nSPS) is 17.6. The lowest BCUT2D eigenvalue weighted by molar-refractivity contribution is 0.0730. The van der Waals surface area contributed by atoms with E-state index in [1.54, 1.807) is 0 Å². The molecule has 2 rings (SSSR count). The maximum Gasteiger partial charge on any atom is 0.293 e. The van der Waals surface area contributed by atoms with Crippen molar-refractivity contribution >= 4 is 5.91 Å². The number of aromatic nitrogens is 3. The summed E-state index contributed by atoms with van der Waals surface area (Å²) in [5.41, 5.74) is 0. The fourth-order valence-electron chi connectivity index (χ4n) is 2.14. The molecular weight excluding hydrogens is 216 g/mol. The van der Waals surface area contributed by atoms with Crippen LogP contribution in [0.2, 0.25) is 0 Å². The van der Waals surface area contributed by atoms with Crippen LogP contribution in [0.5, 0.6) is 0 Å². The Bertz CT molecular complexity index is 366. The van der Waals surface area contributed by atoms with Crippen LogP contribution in [0.1, 0.15) is 55.5 Å². The molecule has 17 heavy (non-hydrogen) atoms. The van der Waals surface area contributed by atoms with Crippen molar-refractivity contribution in [3.63, 3.8) is 0 Å². The zero-order valence-electron chi connectivity index (χ0n) is 10.4. The highest BCUT2D eigenvalue weighted by atomic mass is 16.2. The number of amides is 1. The summed E-state index contributed by atoms with van der Waals surface area (Å²) in [4.78, 5) is 18.3. The minimum Gasteiger partial charge on any atom is -0.336 e. The minimum absolute atomic E-state index is 0.0251. The van der Waals surface area contributed by atoms with E-state index in [1.165, 1.54) is 19.3 Å². The number of carbonyl (C=O) groups excluding carboxylic acids is 1. The van der Waals surface area contributed by atoms with Gasteiger partial charge in [0.15, 0.2) is 0 Å². The van der Waals surface area contributed by atoms with Gasteiger partial charge in [-0.2, -0.15) is 0 Å². The number of H-pyrrole nitrogens is 1. The molecule has 0 aliphatic carbocycles. The van der Waals surface area contributed by atoms with Crippen LogP contribution >= 0.6 is 0 Å². The van der Waals surface area contributed by atoms with Gasteiger partial charge < -0.3 is 4.90 Å². The maximum absolute atomic E-state index is 12.2. The largest absolute Gasteiger partial charge is 0.336 e. The highest BCUT2D eigenvalue weighted by Gasteiger charge is 2.20. The predicted octanol–water partition coefficient (Wildman–Crippen LogP) is 1.77. The van der Waals surface area contributed by atoms with Gasteiger partial charge in [-0.3, -0.25) is 9.89 Å². The van der Waals surface area contributed by atoms with Gasteiger partial charge in [0.2, 0.25) is 5.82 Å². The van der Waals surface area contributed by atoms with Crippen molar-refractivity contribution in [3.05, 3.63) is 11.6 Å². The minimum atomic E-state index is -0.0251. The molecule has 1 fully saturated rings. The molecular formula is C12H20N4O. The van der Waals surface area contributed by atoms with Crippen LogP contribution in [0.4, 0.5) is 0 Å². The summed E-state index contributed by atoms with van der Waals surface area (Å²) in [5.74, 6) is 1.07. The molecule has 0 unspecified atom stereocenters. The number of nitrogens with one attached hydrogen (secondary N) is 1. The van der Waals surface area contributed by atoms with Crippen LogP contribution in [-0.4, -0.2) is 39.1 Å². The van der Waals surface area contributed by atoms with Crippen molar-refractivity contribution < 1.29 is 4.79 Å². The van der Waals surface area contributed by atoms with Crippen LogP contribution in [0.25, 0.3) is 0 Å². The number of aromatic amines is 1. The number of hydrogen-bond acceptors (Lipinski definition) is 3. The summed E-state index contributed by atoms with van der Waals surface area (Å²) in [6, 6.07) is 0. The molecule has 1 aromatic heterocycles. The number of likely N-dealkylation sites (tertiary alicyclic amines) is 1. The Morgan fingerprint density at radius 3 is 2.47 bits per heavy atom. The van der Waals surface area contributed by atoms with Crippen LogP contribution in [-0.2, 0) is 6.42 Å². The third kappa shape index (κ3) is 3.05. The Labute approximate surface area is 102 Å². The lowest BCUT2D eigenvalue weighted by atomic mass is 10.1. The molecule has 1 aromatic rings. The molecule has 0 spiro atoms. The van der Waals surface area contributed by atoms with Gasteiger partial charge >= 0.3 is 0 Å². The second kappa shape index (κ2) is 5.80. The fourth-order valence-corrected chi connectivity index (χ4v) is 2.14. The SMILES string of the molecule is CCc1nc(C(=O)N2CCCCCCC2)n[nH]1. The Balaban J connectivity index is 2.01. The lowest BCUT2D eigenvalue weighted by Crippen LogP contribution is -2.34. The topological polar surface area (TPSA) is 61.9 Å². The summed E-state index contributed by atoms with van der Waals surface area (Å²) in [5, 5.41) is 6.78. The second-order valence-electron chi connectivity index (χ2n) is 4.52. The van der Waals surface area contributed by atoms with E-state index in [-0.39, 0.29) is 5.91 Å². The maximum atomic E-state index is 12.2. The first-order valence-corrected chi connectivity index (χ1v) is 6.52. The summed E-state index contributed by atoms with van der Waals surface area (Å²) in [7, 11) is 0. The molecule has 2 heterocycles. The van der Waals surface area contributed by atoms with E-state index in [1.807, 2.05) is 11.8 Å². The molecule has 1 amide bonds. The zero-order chi connectivity index (χ0) is 12.1. The quantitative estimate of drug-likeness (QED) is 0.851. The molecule has 0 saturated carbocycles. The lowest BCUT2D eigenvalue weighted by Gasteiger charge is -2.23. The van der Waals surface area contributed by atoms with Crippen molar-refractivity contribution in [2.45, 2.75) is 45.4 Å². The van der Waals surface area contributed by atoms with Crippen LogP contribution in [0, 0.1) is 0 Å². The van der Waals surface area contributed by atoms with Crippen molar-refractivity contribution in [3.8, 4) is 0 Å². The molecule has 94 valence electrons. The third-order valence-electron chi connectivity index (χ3n) is 3.20. The van der Waals surface area contributed by atoms with Gasteiger partial charge in [-0.1, -0.05) is 26.2 Å². The molecule has 5 heteroatoms. The molecule has 1 N–H and O–H groups in total. The highest BCUT2D eigenvalue weighted by molar-refractivity contribution is 5.90. The van der Waals surface area contributed by atoms with Crippen LogP contribution < -0.4 is 0 Å². The molecule has 0 atom stereocenters. The van der Waals surface area contributed by atoms with E-state index in [9.17, 15) is 4.79 Å². The molecule has 0 radical (unpaired) electrons. The van der Waals surface area contributed by atoms with Gasteiger partial charge in [-0.05, 0) is 12.8 Å². The molecule has 0 aromatic carbocycles. The Morgan fingerprint density at radius 2 is 1.88 bits per heavy atom. The van der Waals surface area contributed by atoms with Gasteiger partial charge in [0, 0.05) is 19.5 Å². The Hall–Kier alpha value is -1.39. The van der Waals surface area contributed by atoms with E-state index < -0.39 is 0 Å². The van der Waals surface area contributed by atoms with E-state index in [0.717, 1.165) is 38.2 Å². The Morgan fingerprint density at radius 1 is 1.24 bits per heavy atom. The molecule has 5 nitrogen and oxygen atoms in total. The van der Waals surface area contributed by atoms with Gasteiger partial charge in [-0.15, -0.1) is 5.10 Å². The average molecular weight is 236 g/mol. The monoisotopic (exact) mass is 236 g/mol. The third-order valence-corrected chi connectivity index (χ3v) is 3.20. The second-order valence-corrected chi connectivity index (χ2v) is 4.52. The fraction of sp³-hybridized carbons (Fsp3) is 0.750. The first-order valence-electron chi connectivity index (χ1n) is 6.52. The number of aryl methyl sites for hydroxylation is 1. The number of carbonyl (C=O) groups is 1. The number of rotatable bonds is 2. The molecule has 1 aliphatic rings. The standard InChI is InChI=1S/C12H20N4O/c1-2-10-13-11(15-14-10)12(17)16-8-6-4-3-5-7-9-16/h2-9H2,1H3,(H,13,14,15). The first kappa shape index (κ1) is 12.1. The van der Waals surface area contributed by atoms with Crippen molar-refractivity contribution in [1.82, 2.24) is 20.1 Å².